The Morgan fingerprint density at radius 3 is 2.32 bits per heavy atom. The number of carboxylic acid groups (broad SMARTS) is 2. The van der Waals surface area contributed by atoms with E-state index in [1.807, 2.05) is 0 Å². The van der Waals surface area contributed by atoms with Crippen molar-refractivity contribution in [1.82, 2.24) is 0 Å². The number of aromatic carboxylic acids is 1. The van der Waals surface area contributed by atoms with E-state index in [1.165, 1.54) is 24.3 Å². The van der Waals surface area contributed by atoms with Crippen LogP contribution in [0.3, 0.4) is 0 Å². The maximum Gasteiger partial charge on any atom is 0.372 e. The molecule has 0 unspecified atom stereocenters. The third-order valence-electron chi connectivity index (χ3n) is 3.36. The fraction of sp³-hybridized carbons (Fsp3) is 0.111. The number of aliphatic carboxylic acids is 1. The van der Waals surface area contributed by atoms with E-state index < -0.39 is 29.9 Å². The highest BCUT2D eigenvalue weighted by Crippen LogP contribution is 2.18. The molecule has 0 spiro atoms. The first-order valence-electron chi connectivity index (χ1n) is 7.22. The van der Waals surface area contributed by atoms with Crippen LogP contribution in [0.5, 0.6) is 5.75 Å². The van der Waals surface area contributed by atoms with Crippen molar-refractivity contribution >= 4 is 23.5 Å². The zero-order chi connectivity index (χ0) is 18.4. The van der Waals surface area contributed by atoms with Crippen LogP contribution in [0.15, 0.2) is 48.5 Å². The molecule has 0 aromatic heterocycles. The van der Waals surface area contributed by atoms with Crippen molar-refractivity contribution in [2.75, 3.05) is 0 Å². The Morgan fingerprint density at radius 2 is 1.64 bits per heavy atom. The average molecular weight is 342 g/mol. The maximum atomic E-state index is 11.9. The van der Waals surface area contributed by atoms with Crippen LogP contribution >= 0.6 is 0 Å². The summed E-state index contributed by atoms with van der Waals surface area (Å²) in [5.74, 6) is -4.26. The van der Waals surface area contributed by atoms with E-state index in [0.717, 1.165) is 0 Å². The Morgan fingerprint density at radius 1 is 0.920 bits per heavy atom. The number of ketones is 2. The minimum atomic E-state index is -1.66. The largest absolute Gasteiger partial charge is 0.489 e. The molecule has 0 radical (unpaired) electrons. The van der Waals surface area contributed by atoms with E-state index in [2.05, 4.69) is 0 Å². The van der Waals surface area contributed by atoms with Crippen LogP contribution in [0.1, 0.15) is 32.7 Å². The first-order valence-corrected chi connectivity index (χ1v) is 7.22. The summed E-state index contributed by atoms with van der Waals surface area (Å²) in [7, 11) is 0. The van der Waals surface area contributed by atoms with Gasteiger partial charge in [-0.15, -0.1) is 0 Å². The summed E-state index contributed by atoms with van der Waals surface area (Å²) in [5.41, 5.74) is 0.716. The highest BCUT2D eigenvalue weighted by atomic mass is 16.5. The van der Waals surface area contributed by atoms with Gasteiger partial charge in [0.2, 0.25) is 5.78 Å². The molecule has 128 valence electrons. The molecule has 2 aromatic rings. The molecule has 0 saturated carbocycles. The van der Waals surface area contributed by atoms with Crippen molar-refractivity contribution in [2.24, 2.45) is 0 Å². The number of Topliss-reactive ketones (excluding diaryl/α,β-unsaturated/α-hetero) is 2. The second-order valence-electron chi connectivity index (χ2n) is 5.11. The lowest BCUT2D eigenvalue weighted by atomic mass is 10.1. The molecule has 7 nitrogen and oxygen atoms in total. The molecule has 0 heterocycles. The van der Waals surface area contributed by atoms with E-state index in [0.29, 0.717) is 11.3 Å². The van der Waals surface area contributed by atoms with Gasteiger partial charge in [-0.3, -0.25) is 9.59 Å². The van der Waals surface area contributed by atoms with E-state index in [-0.39, 0.29) is 17.7 Å². The monoisotopic (exact) mass is 342 g/mol. The van der Waals surface area contributed by atoms with Crippen LogP contribution in [0.4, 0.5) is 0 Å². The summed E-state index contributed by atoms with van der Waals surface area (Å²) in [4.78, 5) is 44.7. The first kappa shape index (κ1) is 17.9. The lowest BCUT2D eigenvalue weighted by Gasteiger charge is -2.09. The summed E-state index contributed by atoms with van der Waals surface area (Å²) in [6, 6.07) is 12.3. The van der Waals surface area contributed by atoms with Crippen molar-refractivity contribution < 1.29 is 34.1 Å². The number of carboxylic acids is 2. The number of hydrogen-bond donors (Lipinski definition) is 2. The van der Waals surface area contributed by atoms with E-state index in [9.17, 15) is 19.2 Å². The highest BCUT2D eigenvalue weighted by Gasteiger charge is 2.18. The van der Waals surface area contributed by atoms with Gasteiger partial charge in [0.25, 0.3) is 0 Å². The first-order chi connectivity index (χ1) is 11.9. The summed E-state index contributed by atoms with van der Waals surface area (Å²) in [6.07, 6.45) is -0.735. The van der Waals surface area contributed by atoms with Gasteiger partial charge in [0, 0.05) is 11.1 Å². The normalized spacial score (nSPS) is 10.1. The van der Waals surface area contributed by atoms with Crippen molar-refractivity contribution in [3.63, 3.8) is 0 Å². The molecule has 0 fully saturated rings. The standard InChI is InChI=1S/C18H14O7/c19-15(9-16(20)18(23)24)11-5-3-6-13(8-11)25-10-12-4-1-2-7-14(12)17(21)22/h1-8H,9-10H2,(H,21,22)(H,23,24). The van der Waals surface area contributed by atoms with Crippen molar-refractivity contribution in [2.45, 2.75) is 13.0 Å². The van der Waals surface area contributed by atoms with Crippen LogP contribution < -0.4 is 4.74 Å². The van der Waals surface area contributed by atoms with Crippen LogP contribution in [0, 0.1) is 0 Å². The summed E-state index contributed by atoms with van der Waals surface area (Å²) in [6.45, 7) is -0.0197. The molecule has 0 bridgehead atoms. The third-order valence-corrected chi connectivity index (χ3v) is 3.36. The molecule has 2 aromatic carbocycles. The lowest BCUT2D eigenvalue weighted by Crippen LogP contribution is -2.17. The van der Waals surface area contributed by atoms with Crippen LogP contribution in [0.25, 0.3) is 0 Å². The summed E-state index contributed by atoms with van der Waals surface area (Å²) < 4.78 is 5.51. The molecule has 0 amide bonds. The quantitative estimate of drug-likeness (QED) is 0.429. The minimum absolute atomic E-state index is 0.0197. The van der Waals surface area contributed by atoms with E-state index >= 15 is 0 Å². The van der Waals surface area contributed by atoms with Gasteiger partial charge in [-0.1, -0.05) is 30.3 Å². The number of carbonyl (C=O) groups excluding carboxylic acids is 2. The second kappa shape index (κ2) is 7.87. The Balaban J connectivity index is 2.10. The lowest BCUT2D eigenvalue weighted by molar-refractivity contribution is -0.148. The predicted molar refractivity (Wildman–Crippen MR) is 85.8 cm³/mol. The fourth-order valence-corrected chi connectivity index (χ4v) is 2.10. The average Bonchev–Trinajstić information content (AvgIpc) is 2.60. The minimum Gasteiger partial charge on any atom is -0.489 e. The van der Waals surface area contributed by atoms with Gasteiger partial charge in [0.1, 0.15) is 12.4 Å². The number of rotatable bonds is 8. The third kappa shape index (κ3) is 4.74. The molecule has 2 rings (SSSR count). The van der Waals surface area contributed by atoms with E-state index in [1.54, 1.807) is 24.3 Å². The van der Waals surface area contributed by atoms with Crippen LogP contribution in [-0.4, -0.2) is 33.7 Å². The predicted octanol–water partition coefficient (Wildman–Crippen LogP) is 2.19. The van der Waals surface area contributed by atoms with Gasteiger partial charge in [0.05, 0.1) is 12.0 Å². The zero-order valence-electron chi connectivity index (χ0n) is 13.0. The van der Waals surface area contributed by atoms with Crippen LogP contribution in [-0.2, 0) is 16.2 Å². The second-order valence-corrected chi connectivity index (χ2v) is 5.11. The summed E-state index contributed by atoms with van der Waals surface area (Å²) >= 11 is 0. The Kier molecular flexibility index (Phi) is 5.62. The molecule has 0 aliphatic carbocycles. The van der Waals surface area contributed by atoms with Gasteiger partial charge in [0.15, 0.2) is 5.78 Å². The summed E-state index contributed by atoms with van der Waals surface area (Å²) in [5, 5.41) is 17.7. The SMILES string of the molecule is O=C(O)C(=O)CC(=O)c1cccc(OCc2ccccc2C(=O)O)c1. The smallest absolute Gasteiger partial charge is 0.372 e. The Bertz CT molecular complexity index is 839. The molecule has 0 saturated heterocycles. The molecule has 0 atom stereocenters. The zero-order valence-corrected chi connectivity index (χ0v) is 13.0. The van der Waals surface area contributed by atoms with Gasteiger partial charge >= 0.3 is 11.9 Å². The van der Waals surface area contributed by atoms with Crippen LogP contribution in [0.2, 0.25) is 0 Å². The topological polar surface area (TPSA) is 118 Å². The van der Waals surface area contributed by atoms with E-state index in [4.69, 9.17) is 14.9 Å². The van der Waals surface area contributed by atoms with Gasteiger partial charge < -0.3 is 14.9 Å². The molecular formula is C18H14O7. The Labute approximate surface area is 142 Å². The molecular weight excluding hydrogens is 328 g/mol. The molecule has 0 aliphatic rings. The number of hydrogen-bond acceptors (Lipinski definition) is 5. The molecule has 7 heteroatoms. The number of carbonyl (C=O) groups is 4. The molecule has 25 heavy (non-hydrogen) atoms. The molecule has 0 aliphatic heterocycles. The number of benzene rings is 2. The van der Waals surface area contributed by atoms with Gasteiger partial charge in [-0.05, 0) is 18.2 Å². The molecule has 2 N–H and O–H groups in total. The van der Waals surface area contributed by atoms with Crippen molar-refractivity contribution in [1.29, 1.82) is 0 Å². The van der Waals surface area contributed by atoms with Gasteiger partial charge in [-0.2, -0.15) is 0 Å². The number of ether oxygens (including phenoxy) is 1. The Hall–Kier alpha value is -3.48. The highest BCUT2D eigenvalue weighted by molar-refractivity contribution is 6.37. The van der Waals surface area contributed by atoms with Crippen molar-refractivity contribution in [3.05, 3.63) is 65.2 Å². The maximum absolute atomic E-state index is 11.9. The fourth-order valence-electron chi connectivity index (χ4n) is 2.10. The van der Waals surface area contributed by atoms with Gasteiger partial charge in [-0.25, -0.2) is 9.59 Å². The van der Waals surface area contributed by atoms with Crippen molar-refractivity contribution in [3.8, 4) is 5.75 Å².